The van der Waals surface area contributed by atoms with Gasteiger partial charge in [-0.25, -0.2) is 0 Å². The van der Waals surface area contributed by atoms with E-state index in [1.54, 1.807) is 0 Å². The average molecular weight is 477 g/mol. The van der Waals surface area contributed by atoms with Crippen LogP contribution in [0.2, 0.25) is 0 Å². The summed E-state index contributed by atoms with van der Waals surface area (Å²) in [6, 6.07) is 14.3. The molecule has 0 aromatic heterocycles. The quantitative estimate of drug-likeness (QED) is 0.339. The number of hydrogen-bond acceptors (Lipinski definition) is 5. The maximum absolute atomic E-state index is 10.5. The minimum atomic E-state index is -0.319. The molecule has 5 N–H and O–H groups in total. The maximum atomic E-state index is 10.5. The molecule has 0 atom stereocenters. The number of rotatable bonds is 6. The third-order valence-corrected chi connectivity index (χ3v) is 7.82. The zero-order valence-electron chi connectivity index (χ0n) is 20.8. The van der Waals surface area contributed by atoms with Crippen molar-refractivity contribution in [3.63, 3.8) is 0 Å². The average Bonchev–Trinajstić information content (AvgIpc) is 2.85. The van der Waals surface area contributed by atoms with Crippen molar-refractivity contribution in [2.75, 3.05) is 0 Å². The molecule has 186 valence electrons. The van der Waals surface area contributed by atoms with E-state index in [0.717, 1.165) is 42.4 Å². The van der Waals surface area contributed by atoms with Crippen LogP contribution >= 0.6 is 0 Å². The lowest BCUT2D eigenvalue weighted by molar-refractivity contribution is 0.261. The van der Waals surface area contributed by atoms with Gasteiger partial charge < -0.3 is 25.5 Å². The number of aromatic hydroxyl groups is 2. The summed E-state index contributed by atoms with van der Waals surface area (Å²) in [7, 11) is 0. The maximum Gasteiger partial charge on any atom is 0.126 e. The van der Waals surface area contributed by atoms with Crippen LogP contribution in [0.3, 0.4) is 0 Å². The minimum Gasteiger partial charge on any atom is -0.507 e. The number of aryl methyl sites for hydroxylation is 3. The van der Waals surface area contributed by atoms with Crippen LogP contribution in [0.4, 0.5) is 0 Å². The summed E-state index contributed by atoms with van der Waals surface area (Å²) in [6.07, 6.45) is 3.53. The monoisotopic (exact) mass is 476 g/mol. The highest BCUT2D eigenvalue weighted by atomic mass is 16.3. The molecule has 1 saturated carbocycles. The van der Waals surface area contributed by atoms with Crippen molar-refractivity contribution in [1.29, 1.82) is 0 Å². The van der Waals surface area contributed by atoms with Crippen molar-refractivity contribution in [1.82, 2.24) is 0 Å². The zero-order chi connectivity index (χ0) is 25.3. The fourth-order valence-electron chi connectivity index (χ4n) is 5.96. The molecule has 0 amide bonds. The Balaban J connectivity index is 1.80. The van der Waals surface area contributed by atoms with Crippen molar-refractivity contribution in [2.24, 2.45) is 0 Å². The Labute approximate surface area is 207 Å². The largest absolute Gasteiger partial charge is 0.507 e. The molecule has 35 heavy (non-hydrogen) atoms. The number of aliphatic hydroxyl groups excluding tert-OH is 3. The molecule has 3 aromatic carbocycles. The highest BCUT2D eigenvalue weighted by molar-refractivity contribution is 5.51. The van der Waals surface area contributed by atoms with Gasteiger partial charge >= 0.3 is 0 Å². The number of hydrogen-bond donors (Lipinski definition) is 5. The first-order valence-corrected chi connectivity index (χ1v) is 12.3. The summed E-state index contributed by atoms with van der Waals surface area (Å²) in [5.74, 6) is 0.415. The molecular weight excluding hydrogens is 440 g/mol. The smallest absolute Gasteiger partial charge is 0.126 e. The highest BCUT2D eigenvalue weighted by Gasteiger charge is 2.40. The van der Waals surface area contributed by atoms with Gasteiger partial charge in [-0.15, -0.1) is 0 Å². The van der Waals surface area contributed by atoms with Gasteiger partial charge in [-0.05, 0) is 92.8 Å². The fraction of sp³-hybridized carbons (Fsp3) is 0.400. The molecule has 0 heterocycles. The third kappa shape index (κ3) is 4.68. The van der Waals surface area contributed by atoms with Gasteiger partial charge in [0, 0.05) is 22.1 Å². The Hall–Kier alpha value is -2.86. The Morgan fingerprint density at radius 2 is 1.14 bits per heavy atom. The van der Waals surface area contributed by atoms with Crippen LogP contribution in [-0.2, 0) is 25.2 Å². The van der Waals surface area contributed by atoms with Gasteiger partial charge in [0.15, 0.2) is 0 Å². The van der Waals surface area contributed by atoms with Gasteiger partial charge in [-0.1, -0.05) is 35.4 Å². The zero-order valence-corrected chi connectivity index (χ0v) is 20.8. The molecule has 3 aromatic rings. The van der Waals surface area contributed by atoms with Crippen LogP contribution in [0.1, 0.15) is 81.7 Å². The van der Waals surface area contributed by atoms with Gasteiger partial charge in [0.2, 0.25) is 0 Å². The minimum absolute atomic E-state index is 0.0425. The lowest BCUT2D eigenvalue weighted by Crippen LogP contribution is -2.33. The van der Waals surface area contributed by atoms with Crippen molar-refractivity contribution < 1.29 is 25.5 Å². The summed E-state index contributed by atoms with van der Waals surface area (Å²) < 4.78 is 0. The van der Waals surface area contributed by atoms with Crippen molar-refractivity contribution in [3.05, 3.63) is 92.5 Å². The van der Waals surface area contributed by atoms with Crippen LogP contribution in [0.25, 0.3) is 0 Å². The molecule has 4 rings (SSSR count). The van der Waals surface area contributed by atoms with Gasteiger partial charge in [0.05, 0.1) is 19.8 Å². The molecule has 0 radical (unpaired) electrons. The first kappa shape index (κ1) is 25.2. The van der Waals surface area contributed by atoms with E-state index < -0.39 is 0 Å². The molecule has 1 aliphatic rings. The fourth-order valence-corrected chi connectivity index (χ4v) is 5.96. The van der Waals surface area contributed by atoms with E-state index in [-0.39, 0.29) is 36.7 Å². The third-order valence-electron chi connectivity index (χ3n) is 7.82. The molecule has 1 aliphatic carbocycles. The summed E-state index contributed by atoms with van der Waals surface area (Å²) in [4.78, 5) is 0. The van der Waals surface area contributed by atoms with Crippen molar-refractivity contribution >= 4 is 0 Å². The topological polar surface area (TPSA) is 101 Å². The van der Waals surface area contributed by atoms with E-state index in [4.69, 9.17) is 0 Å². The van der Waals surface area contributed by atoms with E-state index in [9.17, 15) is 25.5 Å². The number of benzene rings is 3. The van der Waals surface area contributed by atoms with E-state index in [1.807, 2.05) is 31.2 Å². The summed E-state index contributed by atoms with van der Waals surface area (Å²) in [5.41, 5.74) is 7.60. The highest BCUT2D eigenvalue weighted by Crippen LogP contribution is 2.50. The number of aliphatic hydroxyl groups is 3. The van der Waals surface area contributed by atoms with Crippen LogP contribution in [0, 0.1) is 20.8 Å². The SMILES string of the molecule is Cc1cc(C)cc(C2(c3cc(CO)c(O)c(CO)c3)CCC(c3cc(C)c(O)c(CO)c3)CC2)c1. The lowest BCUT2D eigenvalue weighted by atomic mass is 9.61. The Morgan fingerprint density at radius 1 is 0.657 bits per heavy atom. The van der Waals surface area contributed by atoms with Crippen LogP contribution in [0.15, 0.2) is 42.5 Å². The van der Waals surface area contributed by atoms with E-state index in [2.05, 4.69) is 32.0 Å². The second-order valence-electron chi connectivity index (χ2n) is 10.2. The van der Waals surface area contributed by atoms with E-state index in [1.165, 1.54) is 16.7 Å². The van der Waals surface area contributed by atoms with Crippen LogP contribution in [0.5, 0.6) is 11.5 Å². The molecule has 5 nitrogen and oxygen atoms in total. The first-order valence-electron chi connectivity index (χ1n) is 12.3. The van der Waals surface area contributed by atoms with Crippen molar-refractivity contribution in [2.45, 2.75) is 77.6 Å². The van der Waals surface area contributed by atoms with Gasteiger partial charge in [0.1, 0.15) is 11.5 Å². The number of phenols is 2. The summed E-state index contributed by atoms with van der Waals surface area (Å²) >= 11 is 0. The van der Waals surface area contributed by atoms with Crippen LogP contribution < -0.4 is 0 Å². The van der Waals surface area contributed by atoms with Crippen molar-refractivity contribution in [3.8, 4) is 11.5 Å². The second kappa shape index (κ2) is 10.0. The normalized spacial score (nSPS) is 20.2. The molecule has 1 fully saturated rings. The molecular formula is C30H36O5. The molecule has 0 saturated heterocycles. The predicted molar refractivity (Wildman–Crippen MR) is 137 cm³/mol. The summed E-state index contributed by atoms with van der Waals surface area (Å²) in [6.45, 7) is 5.27. The lowest BCUT2D eigenvalue weighted by Gasteiger charge is -2.42. The molecule has 0 bridgehead atoms. The molecule has 0 spiro atoms. The predicted octanol–water partition coefficient (Wildman–Crippen LogP) is 5.14. The Kier molecular flexibility index (Phi) is 7.22. The standard InChI is InChI=1S/C30H36O5/c1-18-8-19(2)10-26(9-18)30(27-13-24(16-32)29(35)25(14-27)17-33)6-4-21(5-7-30)22-11-20(3)28(34)23(12-22)15-31/h8-14,21,31-35H,4-7,15-17H2,1-3H3. The Bertz CT molecular complexity index is 1180. The second-order valence-corrected chi connectivity index (χ2v) is 10.2. The van der Waals surface area contributed by atoms with Crippen LogP contribution in [-0.4, -0.2) is 25.5 Å². The molecule has 0 unspecified atom stereocenters. The summed E-state index contributed by atoms with van der Waals surface area (Å²) in [5, 5.41) is 50.3. The Morgan fingerprint density at radius 3 is 1.66 bits per heavy atom. The van der Waals surface area contributed by atoms with Gasteiger partial charge in [-0.3, -0.25) is 0 Å². The van der Waals surface area contributed by atoms with Gasteiger partial charge in [0.25, 0.3) is 0 Å². The van der Waals surface area contributed by atoms with E-state index >= 15 is 0 Å². The van der Waals surface area contributed by atoms with Gasteiger partial charge in [-0.2, -0.15) is 0 Å². The van der Waals surface area contributed by atoms with E-state index in [0.29, 0.717) is 22.6 Å². The molecule has 5 heteroatoms. The first-order chi connectivity index (χ1) is 16.7. The molecule has 0 aliphatic heterocycles.